The van der Waals surface area contributed by atoms with Gasteiger partial charge in [0, 0.05) is 45.6 Å². The van der Waals surface area contributed by atoms with Gasteiger partial charge in [0.2, 0.25) is 0 Å². The SMILES string of the molecule is CCN(c1ccc(C(=O)NCCSCc2c(F)cccc2Cl)cc1)S(=O)(=O)c1ccc(SC)cc1. The van der Waals surface area contributed by atoms with Crippen LogP contribution in [0.25, 0.3) is 0 Å². The summed E-state index contributed by atoms with van der Waals surface area (Å²) in [6.07, 6.45) is 1.93. The van der Waals surface area contributed by atoms with Crippen LogP contribution in [0.5, 0.6) is 0 Å². The number of sulfonamides is 1. The summed E-state index contributed by atoms with van der Waals surface area (Å²) in [4.78, 5) is 13.7. The highest BCUT2D eigenvalue weighted by Crippen LogP contribution is 2.26. The van der Waals surface area contributed by atoms with Gasteiger partial charge in [-0.1, -0.05) is 17.7 Å². The van der Waals surface area contributed by atoms with E-state index in [4.69, 9.17) is 11.6 Å². The van der Waals surface area contributed by atoms with Crippen LogP contribution in [0.15, 0.2) is 76.5 Å². The third-order valence-corrected chi connectivity index (χ3v) is 9.19. The van der Waals surface area contributed by atoms with Gasteiger partial charge in [-0.2, -0.15) is 11.8 Å². The van der Waals surface area contributed by atoms with Crippen molar-refractivity contribution >= 4 is 56.7 Å². The predicted octanol–water partition coefficient (Wildman–Crippen LogP) is 6.08. The second-order valence-electron chi connectivity index (χ2n) is 7.40. The van der Waals surface area contributed by atoms with Crippen LogP contribution >= 0.6 is 35.1 Å². The first kappa shape index (κ1) is 27.4. The lowest BCUT2D eigenvalue weighted by Gasteiger charge is -2.23. The maximum atomic E-state index is 13.8. The molecular weight excluding hydrogens is 527 g/mol. The van der Waals surface area contributed by atoms with Crippen LogP contribution in [0.2, 0.25) is 5.02 Å². The third kappa shape index (κ3) is 6.94. The van der Waals surface area contributed by atoms with Gasteiger partial charge in [-0.3, -0.25) is 9.10 Å². The molecule has 0 fully saturated rings. The molecule has 0 bridgehead atoms. The molecule has 0 spiro atoms. The van der Waals surface area contributed by atoms with E-state index < -0.39 is 10.0 Å². The number of nitrogens with zero attached hydrogens (tertiary/aromatic N) is 1. The highest BCUT2D eigenvalue weighted by atomic mass is 35.5. The maximum Gasteiger partial charge on any atom is 0.264 e. The Hall–Kier alpha value is -2.20. The van der Waals surface area contributed by atoms with Crippen LogP contribution in [0, 0.1) is 5.82 Å². The van der Waals surface area contributed by atoms with Crippen molar-refractivity contribution in [2.24, 2.45) is 0 Å². The Balaban J connectivity index is 1.57. The molecule has 0 atom stereocenters. The van der Waals surface area contributed by atoms with Crippen molar-refractivity contribution in [3.8, 4) is 0 Å². The summed E-state index contributed by atoms with van der Waals surface area (Å²) in [6, 6.07) is 17.8. The summed E-state index contributed by atoms with van der Waals surface area (Å²) in [5.41, 5.74) is 1.36. The zero-order chi connectivity index (χ0) is 25.4. The summed E-state index contributed by atoms with van der Waals surface area (Å²) in [5.74, 6) is 0.400. The molecule has 35 heavy (non-hydrogen) atoms. The number of carbonyl (C=O) groups excluding carboxylic acids is 1. The molecule has 1 N–H and O–H groups in total. The topological polar surface area (TPSA) is 66.5 Å². The minimum absolute atomic E-state index is 0.216. The number of thioether (sulfide) groups is 2. The number of carbonyl (C=O) groups is 1. The minimum atomic E-state index is -3.73. The van der Waals surface area contributed by atoms with Crippen LogP contribution in [-0.4, -0.2) is 39.4 Å². The fraction of sp³-hybridized carbons (Fsp3) is 0.240. The van der Waals surface area contributed by atoms with Crippen molar-refractivity contribution in [1.29, 1.82) is 0 Å². The van der Waals surface area contributed by atoms with Gasteiger partial charge in [-0.05, 0) is 73.8 Å². The fourth-order valence-corrected chi connectivity index (χ4v) is 6.41. The Labute approximate surface area is 219 Å². The first-order valence-corrected chi connectivity index (χ1v) is 15.0. The number of nitrogens with one attached hydrogen (secondary N) is 1. The Bertz CT molecular complexity index is 1230. The quantitative estimate of drug-likeness (QED) is 0.231. The molecule has 3 rings (SSSR count). The molecule has 3 aromatic carbocycles. The van der Waals surface area contributed by atoms with E-state index >= 15 is 0 Å². The molecule has 5 nitrogen and oxygen atoms in total. The highest BCUT2D eigenvalue weighted by molar-refractivity contribution is 7.98. The number of hydrogen-bond acceptors (Lipinski definition) is 5. The number of anilines is 1. The largest absolute Gasteiger partial charge is 0.351 e. The molecule has 3 aromatic rings. The minimum Gasteiger partial charge on any atom is -0.351 e. The molecule has 0 aliphatic heterocycles. The normalized spacial score (nSPS) is 11.3. The van der Waals surface area contributed by atoms with Crippen LogP contribution in [-0.2, 0) is 15.8 Å². The first-order chi connectivity index (χ1) is 16.8. The molecule has 0 aromatic heterocycles. The predicted molar refractivity (Wildman–Crippen MR) is 145 cm³/mol. The third-order valence-electron chi connectivity index (χ3n) is 5.19. The summed E-state index contributed by atoms with van der Waals surface area (Å²) in [5, 5.41) is 3.21. The average molecular weight is 553 g/mol. The average Bonchev–Trinajstić information content (AvgIpc) is 2.86. The lowest BCUT2D eigenvalue weighted by molar-refractivity contribution is 0.0956. The second kappa shape index (κ2) is 12.7. The Morgan fingerprint density at radius 3 is 2.34 bits per heavy atom. The molecule has 0 aliphatic carbocycles. The summed E-state index contributed by atoms with van der Waals surface area (Å²) < 4.78 is 41.4. The molecule has 1 amide bonds. The zero-order valence-electron chi connectivity index (χ0n) is 19.3. The molecule has 186 valence electrons. The van der Waals surface area contributed by atoms with Crippen molar-refractivity contribution in [2.45, 2.75) is 22.5 Å². The molecule has 0 aliphatic rings. The highest BCUT2D eigenvalue weighted by Gasteiger charge is 2.23. The Morgan fingerprint density at radius 1 is 1.06 bits per heavy atom. The number of rotatable bonds is 11. The summed E-state index contributed by atoms with van der Waals surface area (Å²) in [6.45, 7) is 2.42. The number of benzene rings is 3. The monoisotopic (exact) mass is 552 g/mol. The standard InChI is InChI=1S/C25H26ClFN2O3S3/c1-3-29(35(31,32)21-13-11-20(33-2)12-14-21)19-9-7-18(8-10-19)25(30)28-15-16-34-17-22-23(26)5-4-6-24(22)27/h4-14H,3,15-17H2,1-2H3,(H,28,30). The van der Waals surface area contributed by atoms with E-state index in [1.54, 1.807) is 79.3 Å². The summed E-state index contributed by atoms with van der Waals surface area (Å²) in [7, 11) is -3.73. The Morgan fingerprint density at radius 2 is 1.74 bits per heavy atom. The molecular formula is C25H26ClFN2O3S3. The first-order valence-electron chi connectivity index (χ1n) is 10.8. The van der Waals surface area contributed by atoms with Crippen LogP contribution in [0.4, 0.5) is 10.1 Å². The van der Waals surface area contributed by atoms with E-state index in [-0.39, 0.29) is 23.2 Å². The maximum absolute atomic E-state index is 13.8. The van der Waals surface area contributed by atoms with E-state index in [9.17, 15) is 17.6 Å². The van der Waals surface area contributed by atoms with Crippen LogP contribution < -0.4 is 9.62 Å². The Kier molecular flexibility index (Phi) is 9.91. The van der Waals surface area contributed by atoms with Gasteiger partial charge in [0.25, 0.3) is 15.9 Å². The van der Waals surface area contributed by atoms with Crippen molar-refractivity contribution < 1.29 is 17.6 Å². The molecule has 0 saturated carbocycles. The summed E-state index contributed by atoms with van der Waals surface area (Å²) >= 11 is 9.04. The zero-order valence-corrected chi connectivity index (χ0v) is 22.5. The van der Waals surface area contributed by atoms with Gasteiger partial charge >= 0.3 is 0 Å². The molecule has 10 heteroatoms. The van der Waals surface area contributed by atoms with Crippen LogP contribution in [0.3, 0.4) is 0 Å². The van der Waals surface area contributed by atoms with Crippen molar-refractivity contribution in [2.75, 3.05) is 29.4 Å². The number of amides is 1. The van der Waals surface area contributed by atoms with Gasteiger partial charge in [-0.15, -0.1) is 11.8 Å². The lowest BCUT2D eigenvalue weighted by atomic mass is 10.2. The van der Waals surface area contributed by atoms with E-state index in [1.165, 1.54) is 22.1 Å². The van der Waals surface area contributed by atoms with Gasteiger partial charge in [0.15, 0.2) is 0 Å². The molecule has 0 saturated heterocycles. The number of hydrogen-bond donors (Lipinski definition) is 1. The van der Waals surface area contributed by atoms with E-state index in [0.717, 1.165) is 4.90 Å². The van der Waals surface area contributed by atoms with E-state index in [1.807, 2.05) is 6.26 Å². The van der Waals surface area contributed by atoms with E-state index in [2.05, 4.69) is 5.32 Å². The molecule has 0 heterocycles. The van der Waals surface area contributed by atoms with Gasteiger partial charge < -0.3 is 5.32 Å². The van der Waals surface area contributed by atoms with Crippen LogP contribution in [0.1, 0.15) is 22.8 Å². The van der Waals surface area contributed by atoms with Crippen molar-refractivity contribution in [1.82, 2.24) is 5.32 Å². The second-order valence-corrected chi connectivity index (χ2v) is 11.7. The van der Waals surface area contributed by atoms with Crippen molar-refractivity contribution in [3.63, 3.8) is 0 Å². The fourth-order valence-electron chi connectivity index (χ4n) is 3.33. The smallest absolute Gasteiger partial charge is 0.264 e. The number of halogens is 2. The van der Waals surface area contributed by atoms with Gasteiger partial charge in [-0.25, -0.2) is 12.8 Å². The molecule has 0 radical (unpaired) electrons. The van der Waals surface area contributed by atoms with Gasteiger partial charge in [0.1, 0.15) is 5.82 Å². The van der Waals surface area contributed by atoms with Gasteiger partial charge in [0.05, 0.1) is 10.6 Å². The molecule has 0 unspecified atom stereocenters. The van der Waals surface area contributed by atoms with E-state index in [0.29, 0.717) is 39.9 Å². The van der Waals surface area contributed by atoms with Crippen molar-refractivity contribution in [3.05, 3.63) is 88.7 Å². The lowest BCUT2D eigenvalue weighted by Crippen LogP contribution is -2.31.